The molecule has 0 atom stereocenters. The van der Waals surface area contributed by atoms with Crippen LogP contribution in [0, 0.1) is 19.1 Å². The van der Waals surface area contributed by atoms with Crippen LogP contribution < -0.4 is 5.32 Å². The fourth-order valence-electron chi connectivity index (χ4n) is 6.59. The number of thiophene rings is 1. The van der Waals surface area contributed by atoms with Gasteiger partial charge in [-0.05, 0) is 82.0 Å². The molecule has 1 aliphatic heterocycles. The van der Waals surface area contributed by atoms with Gasteiger partial charge in [0.25, 0.3) is 0 Å². The summed E-state index contributed by atoms with van der Waals surface area (Å²) in [5.41, 5.74) is 13.8. The quantitative estimate of drug-likeness (QED) is 0.176. The standard InChI is InChI=1S/C34H27N2S.C11H8N.Ir/c1-20-24-18-22(34(2,3)4)19-25(20)32-29(14-15-31-33(32)23-9-5-6-11-30(23)37-31)36-28-13-12-21(17-26(24)28)27-10-7-8-16-35-27;1-2-6-10(7-3-1)11-8-4-5-9-12-11;/h5-11,13-19,36H,1-4H3;1-6,8-9H;/q2*-1;. The molecule has 0 aliphatic carbocycles. The van der Waals surface area contributed by atoms with Crippen LogP contribution in [0.3, 0.4) is 0 Å². The molecular weight excluding hydrogens is 807 g/mol. The molecule has 3 aromatic heterocycles. The molecule has 0 amide bonds. The van der Waals surface area contributed by atoms with Gasteiger partial charge in [-0.1, -0.05) is 80.9 Å². The first-order chi connectivity index (χ1) is 23.8. The van der Waals surface area contributed by atoms with Gasteiger partial charge in [-0.25, -0.2) is 0 Å². The van der Waals surface area contributed by atoms with E-state index < -0.39 is 0 Å². The molecule has 9 rings (SSSR count). The third kappa shape index (κ3) is 6.29. The molecule has 5 aromatic carbocycles. The van der Waals surface area contributed by atoms with E-state index in [1.165, 1.54) is 53.6 Å². The van der Waals surface area contributed by atoms with Crippen molar-refractivity contribution in [2.75, 3.05) is 5.32 Å². The second-order valence-electron chi connectivity index (χ2n) is 13.4. The fraction of sp³-hybridized carbons (Fsp3) is 0.111. The first-order valence-electron chi connectivity index (χ1n) is 16.6. The Morgan fingerprint density at radius 1 is 0.640 bits per heavy atom. The second kappa shape index (κ2) is 13.8. The van der Waals surface area contributed by atoms with Crippen molar-refractivity contribution in [3.05, 3.63) is 157 Å². The SMILES string of the molecule is Cc1c2cc(C(C)(C)C)cc1-c1c(ccc3sc4ccccc4c13)Nc1c[c-]c(-c3ccccn3)cc1-2.[Ir].[c-]1ccccc1-c1ccccn1. The molecule has 8 aromatic rings. The van der Waals surface area contributed by atoms with Crippen LogP contribution in [0.5, 0.6) is 0 Å². The minimum Gasteiger partial charge on any atom is -0.394 e. The Morgan fingerprint density at radius 3 is 2.04 bits per heavy atom. The molecule has 247 valence electrons. The summed E-state index contributed by atoms with van der Waals surface area (Å²) in [5, 5.41) is 6.48. The van der Waals surface area contributed by atoms with Gasteiger partial charge >= 0.3 is 0 Å². The molecule has 1 aliphatic rings. The Labute approximate surface area is 311 Å². The first-order valence-corrected chi connectivity index (χ1v) is 17.4. The number of aromatic nitrogens is 2. The maximum absolute atomic E-state index is 4.59. The van der Waals surface area contributed by atoms with Crippen LogP contribution in [-0.4, -0.2) is 9.97 Å². The third-order valence-corrected chi connectivity index (χ3v) is 10.3. The van der Waals surface area contributed by atoms with Crippen LogP contribution in [0.2, 0.25) is 0 Å². The van der Waals surface area contributed by atoms with Crippen molar-refractivity contribution in [1.29, 1.82) is 0 Å². The molecule has 50 heavy (non-hydrogen) atoms. The summed E-state index contributed by atoms with van der Waals surface area (Å²) < 4.78 is 2.65. The average molecular weight is 842 g/mol. The number of nitrogens with zero attached hydrogens (tertiary/aromatic N) is 2. The monoisotopic (exact) mass is 842 g/mol. The van der Waals surface area contributed by atoms with Gasteiger partial charge in [-0.2, -0.15) is 0 Å². The summed E-state index contributed by atoms with van der Waals surface area (Å²) in [5.74, 6) is 0. The second-order valence-corrected chi connectivity index (χ2v) is 14.5. The number of pyridine rings is 2. The largest absolute Gasteiger partial charge is 0.394 e. The summed E-state index contributed by atoms with van der Waals surface area (Å²) in [6, 6.07) is 48.8. The first kappa shape index (κ1) is 33.6. The zero-order valence-electron chi connectivity index (χ0n) is 28.3. The zero-order chi connectivity index (χ0) is 33.5. The molecule has 4 heterocycles. The molecule has 0 saturated carbocycles. The molecule has 1 N–H and O–H groups in total. The van der Waals surface area contributed by atoms with Crippen molar-refractivity contribution in [3.8, 4) is 44.8 Å². The summed E-state index contributed by atoms with van der Waals surface area (Å²) in [6.45, 7) is 9.18. The van der Waals surface area contributed by atoms with Crippen LogP contribution in [-0.2, 0) is 25.5 Å². The van der Waals surface area contributed by atoms with Crippen LogP contribution >= 0.6 is 11.3 Å². The number of rotatable bonds is 2. The molecule has 0 saturated heterocycles. The van der Waals surface area contributed by atoms with Crippen molar-refractivity contribution in [3.63, 3.8) is 0 Å². The minimum atomic E-state index is 0. The van der Waals surface area contributed by atoms with E-state index in [0.717, 1.165) is 33.9 Å². The minimum absolute atomic E-state index is 0. The fourth-order valence-corrected chi connectivity index (χ4v) is 7.71. The van der Waals surface area contributed by atoms with Gasteiger partial charge in [0.15, 0.2) is 0 Å². The zero-order valence-corrected chi connectivity index (χ0v) is 31.5. The van der Waals surface area contributed by atoms with Gasteiger partial charge in [-0.15, -0.1) is 71.0 Å². The van der Waals surface area contributed by atoms with E-state index in [4.69, 9.17) is 0 Å². The number of hydrogen-bond donors (Lipinski definition) is 1. The van der Waals surface area contributed by atoms with Crippen molar-refractivity contribution >= 4 is 42.9 Å². The third-order valence-electron chi connectivity index (χ3n) is 9.19. The van der Waals surface area contributed by atoms with E-state index in [1.54, 1.807) is 6.20 Å². The van der Waals surface area contributed by atoms with Gasteiger partial charge in [0.2, 0.25) is 0 Å². The Bertz CT molecular complexity index is 2410. The van der Waals surface area contributed by atoms with Gasteiger partial charge in [0.1, 0.15) is 0 Å². The maximum atomic E-state index is 4.59. The molecule has 3 nitrogen and oxygen atoms in total. The molecule has 1 radical (unpaired) electrons. The van der Waals surface area contributed by atoms with Crippen molar-refractivity contribution in [2.45, 2.75) is 33.1 Å². The number of fused-ring (bicyclic) bond motifs is 10. The van der Waals surface area contributed by atoms with Gasteiger partial charge in [-0.3, -0.25) is 0 Å². The van der Waals surface area contributed by atoms with E-state index in [1.807, 2.05) is 78.2 Å². The van der Waals surface area contributed by atoms with E-state index in [0.29, 0.717) is 0 Å². The van der Waals surface area contributed by atoms with Crippen molar-refractivity contribution in [2.24, 2.45) is 0 Å². The molecule has 5 heteroatoms. The number of hydrogen-bond acceptors (Lipinski definition) is 4. The van der Waals surface area contributed by atoms with E-state index in [2.05, 4.69) is 116 Å². The van der Waals surface area contributed by atoms with E-state index in [9.17, 15) is 0 Å². The maximum Gasteiger partial charge on any atom is 0.0388 e. The smallest absolute Gasteiger partial charge is 0.0388 e. The van der Waals surface area contributed by atoms with Gasteiger partial charge in [0.05, 0.1) is 0 Å². The number of benzene rings is 5. The van der Waals surface area contributed by atoms with Crippen LogP contribution in [0.25, 0.3) is 64.9 Å². The van der Waals surface area contributed by atoms with E-state index >= 15 is 0 Å². The Hall–Kier alpha value is -4.93. The summed E-state index contributed by atoms with van der Waals surface area (Å²) in [6.07, 6.45) is 3.63. The topological polar surface area (TPSA) is 37.8 Å². The number of nitrogens with one attached hydrogen (secondary N) is 1. The summed E-state index contributed by atoms with van der Waals surface area (Å²) in [4.78, 5) is 8.81. The van der Waals surface area contributed by atoms with Gasteiger partial charge < -0.3 is 15.3 Å². The number of anilines is 2. The molecular formula is C45H35IrN3S-2. The van der Waals surface area contributed by atoms with E-state index in [-0.39, 0.29) is 25.5 Å². The van der Waals surface area contributed by atoms with Crippen LogP contribution in [0.4, 0.5) is 11.4 Å². The average Bonchev–Trinajstić information content (AvgIpc) is 3.52. The molecule has 2 bridgehead atoms. The Kier molecular flexibility index (Phi) is 9.24. The van der Waals surface area contributed by atoms with Gasteiger partial charge in [0, 0.05) is 63.9 Å². The Balaban J connectivity index is 0.000000255. The molecule has 0 spiro atoms. The van der Waals surface area contributed by atoms with Crippen LogP contribution in [0.1, 0.15) is 31.9 Å². The molecule has 0 unspecified atom stereocenters. The van der Waals surface area contributed by atoms with Crippen molar-refractivity contribution < 1.29 is 20.1 Å². The normalized spacial score (nSPS) is 11.6. The predicted molar refractivity (Wildman–Crippen MR) is 207 cm³/mol. The summed E-state index contributed by atoms with van der Waals surface area (Å²) in [7, 11) is 0. The Morgan fingerprint density at radius 2 is 1.34 bits per heavy atom. The predicted octanol–water partition coefficient (Wildman–Crippen LogP) is 12.5. The van der Waals surface area contributed by atoms with Crippen molar-refractivity contribution in [1.82, 2.24) is 9.97 Å². The molecule has 0 fully saturated rings. The summed E-state index contributed by atoms with van der Waals surface area (Å²) >= 11 is 1.87. The van der Waals surface area contributed by atoms with Crippen LogP contribution in [0.15, 0.2) is 134 Å².